The van der Waals surface area contributed by atoms with E-state index in [1.54, 1.807) is 44.9 Å². The van der Waals surface area contributed by atoms with Crippen LogP contribution in [0.1, 0.15) is 22.3 Å². The van der Waals surface area contributed by atoms with Gasteiger partial charge < -0.3 is 30.3 Å². The van der Waals surface area contributed by atoms with Gasteiger partial charge in [-0.15, -0.1) is 0 Å². The number of hydrogen-bond acceptors (Lipinski definition) is 8. The Bertz CT molecular complexity index is 1720. The maximum atomic E-state index is 14.6. The molecule has 4 aromatic rings. The van der Waals surface area contributed by atoms with Gasteiger partial charge in [0.1, 0.15) is 0 Å². The third-order valence-electron chi connectivity index (χ3n) is 8.34. The number of aryl methyl sites for hydroxylation is 1. The van der Waals surface area contributed by atoms with Crippen LogP contribution >= 0.6 is 11.6 Å². The highest BCUT2D eigenvalue weighted by molar-refractivity contribution is 6.33. The van der Waals surface area contributed by atoms with Crippen molar-refractivity contribution < 1.29 is 23.8 Å². The van der Waals surface area contributed by atoms with Crippen molar-refractivity contribution in [3.8, 4) is 17.0 Å². The van der Waals surface area contributed by atoms with E-state index in [2.05, 4.69) is 20.6 Å². The lowest BCUT2D eigenvalue weighted by Gasteiger charge is -2.38. The quantitative estimate of drug-likeness (QED) is 0.299. The lowest BCUT2D eigenvalue weighted by atomic mass is 9.93. The first kappa shape index (κ1) is 29.8. The molecule has 2 saturated heterocycles. The number of methoxy groups -OCH3 is 1. The molecular weight excluding hydrogens is 589 g/mol. The van der Waals surface area contributed by atoms with Crippen LogP contribution in [0.2, 0.25) is 5.02 Å². The Morgan fingerprint density at radius 3 is 2.64 bits per heavy atom. The van der Waals surface area contributed by atoms with Crippen molar-refractivity contribution in [3.63, 3.8) is 0 Å². The van der Waals surface area contributed by atoms with Crippen molar-refractivity contribution in [1.29, 1.82) is 0 Å². The predicted molar refractivity (Wildman–Crippen MR) is 164 cm³/mol. The fraction of sp³-hybridized carbons (Fsp3) is 0.355. The van der Waals surface area contributed by atoms with Crippen molar-refractivity contribution in [1.82, 2.24) is 29.5 Å². The Morgan fingerprint density at radius 1 is 1.14 bits per heavy atom. The monoisotopic (exact) mass is 621 g/mol. The van der Waals surface area contributed by atoms with Crippen LogP contribution in [0.25, 0.3) is 16.9 Å². The number of hydrogen-bond donors (Lipinski definition) is 3. The summed E-state index contributed by atoms with van der Waals surface area (Å²) in [6.07, 6.45) is 4.86. The van der Waals surface area contributed by atoms with Crippen LogP contribution < -0.4 is 15.4 Å². The Balaban J connectivity index is 1.14. The fourth-order valence-corrected chi connectivity index (χ4v) is 6.13. The summed E-state index contributed by atoms with van der Waals surface area (Å²) >= 11 is 6.32. The van der Waals surface area contributed by atoms with E-state index in [1.165, 1.54) is 13.2 Å². The van der Waals surface area contributed by atoms with Gasteiger partial charge in [-0.05, 0) is 55.8 Å². The summed E-state index contributed by atoms with van der Waals surface area (Å²) in [5, 5.41) is 16.5. The molecule has 11 nitrogen and oxygen atoms in total. The summed E-state index contributed by atoms with van der Waals surface area (Å²) in [5.41, 5.74) is 3.64. The van der Waals surface area contributed by atoms with Crippen molar-refractivity contribution in [3.05, 3.63) is 70.9 Å². The van der Waals surface area contributed by atoms with Gasteiger partial charge in [0.15, 0.2) is 23.0 Å². The summed E-state index contributed by atoms with van der Waals surface area (Å²) in [6, 6.07) is 8.65. The number of amides is 2. The van der Waals surface area contributed by atoms with Gasteiger partial charge >= 0.3 is 0 Å². The highest BCUT2D eigenvalue weighted by atomic mass is 35.5. The molecule has 2 aliphatic heterocycles. The average Bonchev–Trinajstić information content (AvgIpc) is 3.47. The number of aliphatic hydroxyl groups is 1. The molecule has 2 fully saturated rings. The lowest BCUT2D eigenvalue weighted by Crippen LogP contribution is -2.55. The molecule has 2 atom stereocenters. The maximum Gasteiger partial charge on any atom is 0.254 e. The molecule has 2 amide bonds. The first-order valence-electron chi connectivity index (χ1n) is 14.5. The van der Waals surface area contributed by atoms with Gasteiger partial charge in [0.05, 0.1) is 36.0 Å². The van der Waals surface area contributed by atoms with Crippen LogP contribution in [0.4, 0.5) is 15.9 Å². The third-order valence-corrected chi connectivity index (χ3v) is 8.71. The number of nitrogens with one attached hydrogen (secondary N) is 2. The number of fused-ring (bicyclic) bond motifs is 1. The van der Waals surface area contributed by atoms with Gasteiger partial charge in [-0.25, -0.2) is 14.4 Å². The SMILES string of the molecule is COc1ccc(-c2cnc3c(Nc4ccc(C(=O)N5CCN(C(=O)[C@H]6CCNC[C@H]6O)CC5)c(C)c4)nccn23)c(Cl)c1F. The van der Waals surface area contributed by atoms with Crippen LogP contribution in [0.15, 0.2) is 48.9 Å². The van der Waals surface area contributed by atoms with E-state index in [1.807, 2.05) is 19.1 Å². The van der Waals surface area contributed by atoms with E-state index in [0.29, 0.717) is 79.7 Å². The number of imidazole rings is 1. The van der Waals surface area contributed by atoms with E-state index >= 15 is 0 Å². The van der Waals surface area contributed by atoms with Crippen molar-refractivity contribution in [2.45, 2.75) is 19.4 Å². The van der Waals surface area contributed by atoms with Crippen molar-refractivity contribution in [2.24, 2.45) is 5.92 Å². The Labute approximate surface area is 258 Å². The summed E-state index contributed by atoms with van der Waals surface area (Å²) < 4.78 is 21.4. The van der Waals surface area contributed by atoms with Crippen LogP contribution in [0.5, 0.6) is 5.75 Å². The van der Waals surface area contributed by atoms with Crippen LogP contribution in [-0.2, 0) is 4.79 Å². The number of nitrogens with zero attached hydrogens (tertiary/aromatic N) is 5. The van der Waals surface area contributed by atoms with Crippen molar-refractivity contribution >= 4 is 40.6 Å². The minimum atomic E-state index is -0.681. The lowest BCUT2D eigenvalue weighted by molar-refractivity contribution is -0.141. The van der Waals surface area contributed by atoms with E-state index in [9.17, 15) is 19.1 Å². The highest BCUT2D eigenvalue weighted by Gasteiger charge is 2.34. The molecule has 2 aromatic heterocycles. The minimum absolute atomic E-state index is 0.0369. The fourth-order valence-electron chi connectivity index (χ4n) is 5.88. The number of ether oxygens (including phenoxy) is 1. The molecule has 2 aliphatic rings. The van der Waals surface area contributed by atoms with E-state index < -0.39 is 17.8 Å². The zero-order chi connectivity index (χ0) is 31.0. The zero-order valence-electron chi connectivity index (χ0n) is 24.4. The van der Waals surface area contributed by atoms with Crippen LogP contribution in [0, 0.1) is 18.7 Å². The number of piperazine rings is 1. The van der Waals surface area contributed by atoms with Crippen LogP contribution in [0.3, 0.4) is 0 Å². The molecule has 3 N–H and O–H groups in total. The maximum absolute atomic E-state index is 14.6. The zero-order valence-corrected chi connectivity index (χ0v) is 25.1. The molecule has 13 heteroatoms. The number of anilines is 2. The van der Waals surface area contributed by atoms with E-state index in [0.717, 1.165) is 5.56 Å². The summed E-state index contributed by atoms with van der Waals surface area (Å²) in [6.45, 7) is 4.75. The molecule has 44 heavy (non-hydrogen) atoms. The normalized spacial score (nSPS) is 18.8. The topological polar surface area (TPSA) is 124 Å². The second-order valence-corrected chi connectivity index (χ2v) is 11.4. The molecule has 2 aromatic carbocycles. The van der Waals surface area contributed by atoms with Gasteiger partial charge in [-0.2, -0.15) is 0 Å². The number of β-amino-alcohol motifs (C(OH)–C–C–N with tert-alkyl or cyclic N) is 1. The number of halogens is 2. The summed E-state index contributed by atoms with van der Waals surface area (Å²) in [7, 11) is 1.38. The number of benzene rings is 2. The van der Waals surface area contributed by atoms with Gasteiger partial charge in [0, 0.05) is 61.9 Å². The molecule has 0 bridgehead atoms. The first-order valence-corrected chi connectivity index (χ1v) is 14.8. The number of carbonyl (C=O) groups excluding carboxylic acids is 2. The average molecular weight is 622 g/mol. The highest BCUT2D eigenvalue weighted by Crippen LogP contribution is 2.36. The smallest absolute Gasteiger partial charge is 0.254 e. The second kappa shape index (κ2) is 12.4. The minimum Gasteiger partial charge on any atom is -0.494 e. The van der Waals surface area contributed by atoms with Gasteiger partial charge in [0.2, 0.25) is 5.91 Å². The molecule has 0 saturated carbocycles. The van der Waals surface area contributed by atoms with E-state index in [-0.39, 0.29) is 22.6 Å². The number of rotatable bonds is 6. The number of carbonyl (C=O) groups is 2. The molecule has 0 spiro atoms. The number of aliphatic hydroxyl groups excluding tert-OH is 1. The first-order chi connectivity index (χ1) is 21.3. The van der Waals surface area contributed by atoms with Gasteiger partial charge in [0.25, 0.3) is 5.91 Å². The Morgan fingerprint density at radius 2 is 1.91 bits per heavy atom. The Hall–Kier alpha value is -4.26. The van der Waals surface area contributed by atoms with E-state index in [4.69, 9.17) is 16.3 Å². The van der Waals surface area contributed by atoms with Crippen LogP contribution in [-0.4, -0.2) is 93.6 Å². The van der Waals surface area contributed by atoms with Gasteiger partial charge in [-0.3, -0.25) is 14.0 Å². The largest absolute Gasteiger partial charge is 0.494 e. The van der Waals surface area contributed by atoms with Gasteiger partial charge in [-0.1, -0.05) is 11.6 Å². The molecular formula is C31H33ClFN7O4. The molecule has 6 rings (SSSR count). The van der Waals surface area contributed by atoms with Crippen molar-refractivity contribution in [2.75, 3.05) is 51.7 Å². The molecule has 4 heterocycles. The standard InChI is InChI=1S/C31H33ClFN7O4/c1-18-15-19(3-4-20(18)30(42)38-11-13-39(14-12-38)31(43)22-7-8-34-17-24(22)41)37-28-29-36-16-23(40(29)10-9-35-28)21-5-6-25(44-2)27(33)26(21)32/h3-6,9-10,15-16,22,24,34,41H,7-8,11-14,17H2,1-2H3,(H,35,37)/t22-,24+/m0/s1. The molecule has 0 aliphatic carbocycles. The summed E-state index contributed by atoms with van der Waals surface area (Å²) in [5.74, 6) is -0.638. The summed E-state index contributed by atoms with van der Waals surface area (Å²) in [4.78, 5) is 38.8. The second-order valence-electron chi connectivity index (χ2n) is 11.0. The number of piperidine rings is 1. The molecule has 230 valence electrons. The Kier molecular flexibility index (Phi) is 8.39. The number of aromatic nitrogens is 3. The molecule has 0 radical (unpaired) electrons. The molecule has 0 unspecified atom stereocenters. The predicted octanol–water partition coefficient (Wildman–Crippen LogP) is 3.50. The third kappa shape index (κ3) is 5.56.